The van der Waals surface area contributed by atoms with Crippen LogP contribution in [0.25, 0.3) is 0 Å². The summed E-state index contributed by atoms with van der Waals surface area (Å²) in [6.45, 7) is 2.24. The lowest BCUT2D eigenvalue weighted by molar-refractivity contribution is -0.140. The van der Waals surface area contributed by atoms with Gasteiger partial charge in [0.25, 0.3) is 0 Å². The molecule has 0 spiro atoms. The normalized spacial score (nSPS) is 11.9. The molecule has 3 amide bonds. The fraction of sp³-hybridized carbons (Fsp3) is 0.727. The first-order valence-corrected chi connectivity index (χ1v) is 6.09. The molecule has 116 valence electrons. The molecule has 20 heavy (non-hydrogen) atoms. The zero-order valence-electron chi connectivity index (χ0n) is 11.7. The number of nitrogens with zero attached hydrogens (tertiary/aromatic N) is 1. The number of rotatable bonds is 10. The van der Waals surface area contributed by atoms with Gasteiger partial charge in [0.2, 0.25) is 5.91 Å². The van der Waals surface area contributed by atoms with Crippen molar-refractivity contribution < 1.29 is 24.2 Å². The number of hydrogen-bond donors (Lipinski definition) is 4. The minimum absolute atomic E-state index is 0.342. The molecule has 5 N–H and O–H groups in total. The van der Waals surface area contributed by atoms with Crippen molar-refractivity contribution in [3.8, 4) is 0 Å². The first kappa shape index (κ1) is 18.1. The SMILES string of the molecule is COCCN(C)CCNC(=O)N[C@@H](CC(N)=O)C(=O)O. The quantitative estimate of drug-likeness (QED) is 0.375. The van der Waals surface area contributed by atoms with E-state index in [0.29, 0.717) is 19.7 Å². The Morgan fingerprint density at radius 3 is 2.50 bits per heavy atom. The average Bonchev–Trinajstić information content (AvgIpc) is 2.34. The van der Waals surface area contributed by atoms with Crippen LogP contribution in [0.2, 0.25) is 0 Å². The third kappa shape index (κ3) is 9.11. The Morgan fingerprint density at radius 2 is 2.00 bits per heavy atom. The van der Waals surface area contributed by atoms with Gasteiger partial charge in [0.15, 0.2) is 0 Å². The monoisotopic (exact) mass is 290 g/mol. The molecule has 0 aromatic carbocycles. The lowest BCUT2D eigenvalue weighted by atomic mass is 10.2. The fourth-order valence-electron chi connectivity index (χ4n) is 1.33. The van der Waals surface area contributed by atoms with Crippen molar-refractivity contribution >= 4 is 17.9 Å². The molecule has 0 saturated heterocycles. The van der Waals surface area contributed by atoms with Crippen molar-refractivity contribution in [3.63, 3.8) is 0 Å². The summed E-state index contributed by atoms with van der Waals surface area (Å²) in [5.74, 6) is -2.10. The lowest BCUT2D eigenvalue weighted by Gasteiger charge is -2.17. The van der Waals surface area contributed by atoms with Crippen LogP contribution in [0.4, 0.5) is 4.79 Å². The number of carboxylic acids is 1. The molecule has 0 aliphatic carbocycles. The van der Waals surface area contributed by atoms with E-state index in [9.17, 15) is 14.4 Å². The topological polar surface area (TPSA) is 134 Å². The molecule has 0 rings (SSSR count). The molecule has 0 radical (unpaired) electrons. The van der Waals surface area contributed by atoms with Crippen molar-refractivity contribution in [2.45, 2.75) is 12.5 Å². The van der Waals surface area contributed by atoms with Gasteiger partial charge in [-0.25, -0.2) is 9.59 Å². The van der Waals surface area contributed by atoms with Crippen LogP contribution >= 0.6 is 0 Å². The summed E-state index contributed by atoms with van der Waals surface area (Å²) in [4.78, 5) is 34.9. The molecule has 0 fully saturated rings. The molecule has 0 aliphatic rings. The van der Waals surface area contributed by atoms with Gasteiger partial charge in [0, 0.05) is 26.7 Å². The van der Waals surface area contributed by atoms with Crippen molar-refractivity contribution in [3.05, 3.63) is 0 Å². The summed E-state index contributed by atoms with van der Waals surface area (Å²) in [5, 5.41) is 13.5. The molecule has 0 saturated carbocycles. The van der Waals surface area contributed by atoms with Crippen molar-refractivity contribution in [2.75, 3.05) is 40.4 Å². The summed E-state index contributed by atoms with van der Waals surface area (Å²) in [6.07, 6.45) is -0.448. The highest BCUT2D eigenvalue weighted by Crippen LogP contribution is 1.91. The number of primary amides is 1. The first-order chi connectivity index (χ1) is 9.36. The van der Waals surface area contributed by atoms with Crippen LogP contribution in [0, 0.1) is 0 Å². The van der Waals surface area contributed by atoms with E-state index in [1.54, 1.807) is 7.11 Å². The van der Waals surface area contributed by atoms with E-state index in [2.05, 4.69) is 10.6 Å². The highest BCUT2D eigenvalue weighted by atomic mass is 16.5. The van der Waals surface area contributed by atoms with Gasteiger partial charge in [-0.1, -0.05) is 0 Å². The van der Waals surface area contributed by atoms with Gasteiger partial charge in [0.05, 0.1) is 13.0 Å². The summed E-state index contributed by atoms with van der Waals surface area (Å²) in [5.41, 5.74) is 4.90. The van der Waals surface area contributed by atoms with Crippen LogP contribution < -0.4 is 16.4 Å². The number of hydrogen-bond acceptors (Lipinski definition) is 5. The number of nitrogens with one attached hydrogen (secondary N) is 2. The van der Waals surface area contributed by atoms with Crippen LogP contribution in [0.15, 0.2) is 0 Å². The zero-order valence-corrected chi connectivity index (χ0v) is 11.7. The number of carbonyl (C=O) groups excluding carboxylic acids is 2. The number of urea groups is 1. The number of carbonyl (C=O) groups is 3. The number of aliphatic carboxylic acids is 1. The van der Waals surface area contributed by atoms with Crippen LogP contribution in [0.3, 0.4) is 0 Å². The van der Waals surface area contributed by atoms with Crippen molar-refractivity contribution in [1.29, 1.82) is 0 Å². The summed E-state index contributed by atoms with van der Waals surface area (Å²) < 4.78 is 4.91. The third-order valence-electron chi connectivity index (χ3n) is 2.46. The van der Waals surface area contributed by atoms with E-state index in [1.165, 1.54) is 0 Å². The fourth-order valence-corrected chi connectivity index (χ4v) is 1.33. The molecule has 0 unspecified atom stereocenters. The molecular weight excluding hydrogens is 268 g/mol. The number of nitrogens with two attached hydrogens (primary N) is 1. The van der Waals surface area contributed by atoms with Crippen LogP contribution in [-0.2, 0) is 14.3 Å². The first-order valence-electron chi connectivity index (χ1n) is 6.09. The molecule has 0 aliphatic heterocycles. The number of likely N-dealkylation sites (N-methyl/N-ethyl adjacent to an activating group) is 1. The van der Waals surface area contributed by atoms with E-state index < -0.39 is 30.4 Å². The number of methoxy groups -OCH3 is 1. The van der Waals surface area contributed by atoms with Gasteiger partial charge in [-0.15, -0.1) is 0 Å². The van der Waals surface area contributed by atoms with E-state index in [1.807, 2.05) is 11.9 Å². The van der Waals surface area contributed by atoms with Crippen molar-refractivity contribution in [2.24, 2.45) is 5.73 Å². The highest BCUT2D eigenvalue weighted by molar-refractivity contribution is 5.87. The molecule has 0 aromatic heterocycles. The summed E-state index contributed by atoms with van der Waals surface area (Å²) in [6, 6.07) is -1.97. The maximum Gasteiger partial charge on any atom is 0.326 e. The van der Waals surface area contributed by atoms with Crippen LogP contribution in [0.5, 0.6) is 0 Å². The van der Waals surface area contributed by atoms with Gasteiger partial charge in [-0.2, -0.15) is 0 Å². The molecule has 9 heteroatoms. The smallest absolute Gasteiger partial charge is 0.326 e. The predicted molar refractivity (Wildman–Crippen MR) is 71.1 cm³/mol. The third-order valence-corrected chi connectivity index (χ3v) is 2.46. The van der Waals surface area contributed by atoms with Gasteiger partial charge in [0.1, 0.15) is 6.04 Å². The Bertz CT molecular complexity index is 337. The van der Waals surface area contributed by atoms with E-state index in [4.69, 9.17) is 15.6 Å². The Morgan fingerprint density at radius 1 is 1.35 bits per heavy atom. The second-order valence-electron chi connectivity index (χ2n) is 4.26. The Kier molecular flexibility index (Phi) is 9.05. The van der Waals surface area contributed by atoms with E-state index >= 15 is 0 Å². The van der Waals surface area contributed by atoms with E-state index in [0.717, 1.165) is 6.54 Å². The molecule has 0 bridgehead atoms. The van der Waals surface area contributed by atoms with Gasteiger partial charge < -0.3 is 31.1 Å². The van der Waals surface area contributed by atoms with Crippen LogP contribution in [0.1, 0.15) is 6.42 Å². The lowest BCUT2D eigenvalue weighted by Crippen LogP contribution is -2.48. The Balaban J connectivity index is 3.96. The van der Waals surface area contributed by atoms with Gasteiger partial charge in [-0.05, 0) is 7.05 Å². The van der Waals surface area contributed by atoms with E-state index in [-0.39, 0.29) is 0 Å². The highest BCUT2D eigenvalue weighted by Gasteiger charge is 2.21. The number of carboxylic acid groups (broad SMARTS) is 1. The van der Waals surface area contributed by atoms with Crippen molar-refractivity contribution in [1.82, 2.24) is 15.5 Å². The predicted octanol–water partition coefficient (Wildman–Crippen LogP) is -1.81. The number of ether oxygens (including phenoxy) is 1. The Hall–Kier alpha value is -1.87. The van der Waals surface area contributed by atoms with Gasteiger partial charge in [-0.3, -0.25) is 4.79 Å². The minimum Gasteiger partial charge on any atom is -0.480 e. The van der Waals surface area contributed by atoms with Crippen LogP contribution in [-0.4, -0.2) is 74.4 Å². The molecule has 1 atom stereocenters. The maximum absolute atomic E-state index is 11.5. The Labute approximate surface area is 117 Å². The maximum atomic E-state index is 11.5. The number of amides is 3. The summed E-state index contributed by atoms with van der Waals surface area (Å²) >= 11 is 0. The summed E-state index contributed by atoms with van der Waals surface area (Å²) in [7, 11) is 3.47. The second kappa shape index (κ2) is 9.98. The standard InChI is InChI=1S/C11H22N4O5/c1-15(5-6-20-2)4-3-13-11(19)14-8(10(17)18)7-9(12)16/h8H,3-7H2,1-2H3,(H2,12,16)(H,17,18)(H2,13,14,19)/t8-/m0/s1. The minimum atomic E-state index is -1.32. The zero-order chi connectivity index (χ0) is 15.5. The van der Waals surface area contributed by atoms with Gasteiger partial charge >= 0.3 is 12.0 Å². The molecule has 0 aromatic rings. The second-order valence-corrected chi connectivity index (χ2v) is 4.26. The largest absolute Gasteiger partial charge is 0.480 e. The average molecular weight is 290 g/mol. The molecule has 9 nitrogen and oxygen atoms in total. The molecular formula is C11H22N4O5. The molecule has 0 heterocycles.